The monoisotopic (exact) mass is 251 g/mol. The molecule has 1 aromatic rings. The van der Waals surface area contributed by atoms with E-state index in [0.717, 1.165) is 6.54 Å². The largest absolute Gasteiger partial charge is 0.464 e. The first-order valence-corrected chi connectivity index (χ1v) is 5.99. The Morgan fingerprint density at radius 3 is 2.67 bits per heavy atom. The fraction of sp³-hybridized carbons (Fsp3) is 0.615. The van der Waals surface area contributed by atoms with Gasteiger partial charge in [0.15, 0.2) is 5.69 Å². The molecule has 18 heavy (non-hydrogen) atoms. The first-order chi connectivity index (χ1) is 8.34. The number of rotatable bonds is 4. The molecule has 1 aromatic heterocycles. The molecule has 5 heteroatoms. The number of anilines is 1. The van der Waals surface area contributed by atoms with E-state index >= 15 is 0 Å². The lowest BCUT2D eigenvalue weighted by Crippen LogP contribution is -2.25. The van der Waals surface area contributed by atoms with Crippen LogP contribution >= 0.6 is 0 Å². The summed E-state index contributed by atoms with van der Waals surface area (Å²) in [4.78, 5) is 19.4. The van der Waals surface area contributed by atoms with E-state index in [1.54, 1.807) is 6.20 Å². The normalized spacial score (nSPS) is 12.9. The lowest BCUT2D eigenvalue weighted by molar-refractivity contribution is 0.0593. The summed E-state index contributed by atoms with van der Waals surface area (Å²) in [6.45, 7) is 9.52. The molecule has 0 spiro atoms. The predicted octanol–water partition coefficient (Wildman–Crippen LogP) is 2.36. The molecule has 0 fully saturated rings. The van der Waals surface area contributed by atoms with E-state index in [0.29, 0.717) is 11.7 Å². The molecule has 1 atom stereocenters. The molecule has 5 nitrogen and oxygen atoms in total. The number of methoxy groups -OCH3 is 1. The Hall–Kier alpha value is -1.65. The van der Waals surface area contributed by atoms with Crippen molar-refractivity contribution in [1.29, 1.82) is 0 Å². The van der Waals surface area contributed by atoms with Crippen LogP contribution in [0.1, 0.15) is 38.2 Å². The van der Waals surface area contributed by atoms with Crippen LogP contribution in [-0.2, 0) is 4.74 Å². The number of esters is 1. The summed E-state index contributed by atoms with van der Waals surface area (Å²) in [5.74, 6) is 0.588. The molecule has 1 N–H and O–H groups in total. The maximum Gasteiger partial charge on any atom is 0.358 e. The lowest BCUT2D eigenvalue weighted by Gasteiger charge is -2.27. The SMILES string of the molecule is COC(=O)c1cncc(NCC(C)C(C)(C)C)n1. The quantitative estimate of drug-likeness (QED) is 0.832. The molecule has 100 valence electrons. The van der Waals surface area contributed by atoms with Crippen molar-refractivity contribution in [2.24, 2.45) is 11.3 Å². The van der Waals surface area contributed by atoms with Crippen LogP contribution in [-0.4, -0.2) is 29.6 Å². The van der Waals surface area contributed by atoms with Crippen molar-refractivity contribution in [3.63, 3.8) is 0 Å². The Labute approximate surface area is 108 Å². The number of nitrogens with zero attached hydrogens (tertiary/aromatic N) is 2. The molecule has 0 aromatic carbocycles. The third-order valence-electron chi connectivity index (χ3n) is 3.10. The fourth-order valence-corrected chi connectivity index (χ4v) is 1.22. The number of hydrogen-bond donors (Lipinski definition) is 1. The molecule has 1 heterocycles. The Bertz CT molecular complexity index is 413. The summed E-state index contributed by atoms with van der Waals surface area (Å²) in [7, 11) is 1.33. The molecular weight excluding hydrogens is 230 g/mol. The summed E-state index contributed by atoms with van der Waals surface area (Å²) in [5, 5.41) is 3.19. The molecule has 0 aliphatic heterocycles. The van der Waals surface area contributed by atoms with Gasteiger partial charge in [-0.2, -0.15) is 0 Å². The van der Waals surface area contributed by atoms with Crippen LogP contribution in [0, 0.1) is 11.3 Å². The van der Waals surface area contributed by atoms with Crippen molar-refractivity contribution in [3.05, 3.63) is 18.1 Å². The second kappa shape index (κ2) is 5.80. The highest BCUT2D eigenvalue weighted by atomic mass is 16.5. The maximum absolute atomic E-state index is 11.3. The van der Waals surface area contributed by atoms with Gasteiger partial charge in [-0.15, -0.1) is 0 Å². The van der Waals surface area contributed by atoms with E-state index in [1.165, 1.54) is 13.3 Å². The van der Waals surface area contributed by atoms with Gasteiger partial charge in [-0.25, -0.2) is 9.78 Å². The van der Waals surface area contributed by atoms with E-state index in [9.17, 15) is 4.79 Å². The number of carbonyl (C=O) groups excluding carboxylic acids is 1. The van der Waals surface area contributed by atoms with E-state index < -0.39 is 5.97 Å². The Morgan fingerprint density at radius 2 is 2.11 bits per heavy atom. The van der Waals surface area contributed by atoms with Gasteiger partial charge < -0.3 is 10.1 Å². The molecular formula is C13H21N3O2. The van der Waals surface area contributed by atoms with Gasteiger partial charge in [-0.3, -0.25) is 4.98 Å². The first kappa shape index (κ1) is 14.4. The van der Waals surface area contributed by atoms with Gasteiger partial charge in [0.2, 0.25) is 0 Å². The van der Waals surface area contributed by atoms with Crippen LogP contribution in [0.2, 0.25) is 0 Å². The van der Waals surface area contributed by atoms with E-state index in [4.69, 9.17) is 0 Å². The summed E-state index contributed by atoms with van der Waals surface area (Å²) in [6, 6.07) is 0. The zero-order valence-electron chi connectivity index (χ0n) is 11.7. The van der Waals surface area contributed by atoms with Gasteiger partial charge in [0.25, 0.3) is 0 Å². The highest BCUT2D eigenvalue weighted by molar-refractivity contribution is 5.87. The Kier molecular flexibility index (Phi) is 4.64. The summed E-state index contributed by atoms with van der Waals surface area (Å²) in [5.41, 5.74) is 0.436. The van der Waals surface area contributed by atoms with Crippen molar-refractivity contribution in [1.82, 2.24) is 9.97 Å². The number of carbonyl (C=O) groups is 1. The highest BCUT2D eigenvalue weighted by Gasteiger charge is 2.19. The summed E-state index contributed by atoms with van der Waals surface area (Å²) < 4.78 is 4.60. The summed E-state index contributed by atoms with van der Waals surface area (Å²) >= 11 is 0. The average Bonchev–Trinajstić information content (AvgIpc) is 2.34. The number of ether oxygens (including phenoxy) is 1. The van der Waals surface area contributed by atoms with Crippen LogP contribution in [0.4, 0.5) is 5.82 Å². The smallest absolute Gasteiger partial charge is 0.358 e. The van der Waals surface area contributed by atoms with Crippen molar-refractivity contribution in [2.75, 3.05) is 19.0 Å². The minimum Gasteiger partial charge on any atom is -0.464 e. The van der Waals surface area contributed by atoms with Crippen molar-refractivity contribution < 1.29 is 9.53 Å². The third kappa shape index (κ3) is 3.98. The highest BCUT2D eigenvalue weighted by Crippen LogP contribution is 2.25. The van der Waals surface area contributed by atoms with Gasteiger partial charge in [-0.1, -0.05) is 27.7 Å². The van der Waals surface area contributed by atoms with Crippen molar-refractivity contribution >= 4 is 11.8 Å². The van der Waals surface area contributed by atoms with E-state index in [-0.39, 0.29) is 11.1 Å². The molecule has 0 radical (unpaired) electrons. The van der Waals surface area contributed by atoms with Gasteiger partial charge in [-0.05, 0) is 11.3 Å². The molecule has 0 aliphatic rings. The predicted molar refractivity (Wildman–Crippen MR) is 70.5 cm³/mol. The second-order valence-electron chi connectivity index (χ2n) is 5.43. The van der Waals surface area contributed by atoms with Crippen LogP contribution < -0.4 is 5.32 Å². The topological polar surface area (TPSA) is 64.1 Å². The second-order valence-corrected chi connectivity index (χ2v) is 5.43. The number of hydrogen-bond acceptors (Lipinski definition) is 5. The van der Waals surface area contributed by atoms with Gasteiger partial charge in [0.05, 0.1) is 19.5 Å². The number of nitrogens with one attached hydrogen (secondary N) is 1. The minimum atomic E-state index is -0.477. The van der Waals surface area contributed by atoms with Crippen LogP contribution in [0.25, 0.3) is 0 Å². The third-order valence-corrected chi connectivity index (χ3v) is 3.10. The Balaban J connectivity index is 2.66. The first-order valence-electron chi connectivity index (χ1n) is 5.99. The molecule has 1 unspecified atom stereocenters. The fourth-order valence-electron chi connectivity index (χ4n) is 1.22. The molecule has 0 saturated heterocycles. The molecule has 0 saturated carbocycles. The zero-order chi connectivity index (χ0) is 13.8. The molecule has 1 rings (SSSR count). The van der Waals surface area contributed by atoms with E-state index in [1.807, 2.05) is 0 Å². The summed E-state index contributed by atoms with van der Waals surface area (Å²) in [6.07, 6.45) is 2.99. The zero-order valence-corrected chi connectivity index (χ0v) is 11.7. The Morgan fingerprint density at radius 1 is 1.44 bits per heavy atom. The average molecular weight is 251 g/mol. The maximum atomic E-state index is 11.3. The van der Waals surface area contributed by atoms with E-state index in [2.05, 4.69) is 47.7 Å². The number of aromatic nitrogens is 2. The van der Waals surface area contributed by atoms with Crippen LogP contribution in [0.15, 0.2) is 12.4 Å². The van der Waals surface area contributed by atoms with Crippen molar-refractivity contribution in [3.8, 4) is 0 Å². The molecule has 0 aliphatic carbocycles. The molecule has 0 bridgehead atoms. The standard InChI is InChI=1S/C13H21N3O2/c1-9(13(2,3)4)6-15-11-8-14-7-10(16-11)12(17)18-5/h7-9H,6H2,1-5H3,(H,15,16). The van der Waals surface area contributed by atoms with Gasteiger partial charge in [0, 0.05) is 6.54 Å². The lowest BCUT2D eigenvalue weighted by atomic mass is 9.82. The van der Waals surface area contributed by atoms with Crippen LogP contribution in [0.5, 0.6) is 0 Å². The van der Waals surface area contributed by atoms with Crippen molar-refractivity contribution in [2.45, 2.75) is 27.7 Å². The minimum absolute atomic E-state index is 0.214. The van der Waals surface area contributed by atoms with Gasteiger partial charge >= 0.3 is 5.97 Å². The van der Waals surface area contributed by atoms with Crippen LogP contribution in [0.3, 0.4) is 0 Å². The molecule has 0 amide bonds. The van der Waals surface area contributed by atoms with Gasteiger partial charge in [0.1, 0.15) is 5.82 Å².